The van der Waals surface area contributed by atoms with E-state index in [1.807, 2.05) is 13.0 Å². The van der Waals surface area contributed by atoms with Crippen molar-refractivity contribution in [3.8, 4) is 11.5 Å². The van der Waals surface area contributed by atoms with Gasteiger partial charge in [-0.05, 0) is 64.2 Å². The number of nitrogens with one attached hydrogen (secondary N) is 1. The smallest absolute Gasteiger partial charge is 0.312 e. The largest absolute Gasteiger partial charge is 0.460 e. The second kappa shape index (κ2) is 11.2. The standard InChI is InChI=1S/C30H36ClF2N3O5/c1-16-8-11-20(19(31)12-16)34-23(37)13-18(14-24(38)39-29(5,6)7)26-25(17-9-10-17)27(41-36-26)21-15-22(40-35-21)30(32,33)28(2,3)4/h8,11-12,15,17-18H,9-10,13-14H2,1-7H3,(H,34,37)/t18-/m1/s1. The van der Waals surface area contributed by atoms with E-state index in [2.05, 4.69) is 15.6 Å². The highest BCUT2D eigenvalue weighted by Crippen LogP contribution is 2.50. The minimum absolute atomic E-state index is 0.0188. The fourth-order valence-electron chi connectivity index (χ4n) is 4.45. The van der Waals surface area contributed by atoms with E-state index in [-0.39, 0.29) is 36.1 Å². The van der Waals surface area contributed by atoms with Gasteiger partial charge in [-0.1, -0.05) is 48.8 Å². The second-order valence-corrected chi connectivity index (χ2v) is 13.1. The highest BCUT2D eigenvalue weighted by atomic mass is 35.5. The molecule has 2 heterocycles. The van der Waals surface area contributed by atoms with Crippen LogP contribution in [-0.4, -0.2) is 27.8 Å². The number of nitrogens with zero attached hydrogens (tertiary/aromatic N) is 2. The molecular weight excluding hydrogens is 556 g/mol. The summed E-state index contributed by atoms with van der Waals surface area (Å²) in [7, 11) is 0. The quantitative estimate of drug-likeness (QED) is 0.250. The molecule has 222 valence electrons. The van der Waals surface area contributed by atoms with Crippen LogP contribution in [0, 0.1) is 12.3 Å². The molecule has 1 fully saturated rings. The average Bonchev–Trinajstić information content (AvgIpc) is 3.36. The molecule has 1 aromatic carbocycles. The van der Waals surface area contributed by atoms with Crippen molar-refractivity contribution in [3.05, 3.63) is 51.9 Å². The first-order valence-corrected chi connectivity index (χ1v) is 14.0. The molecule has 0 unspecified atom stereocenters. The Morgan fingerprint density at radius 3 is 2.34 bits per heavy atom. The van der Waals surface area contributed by atoms with Crippen molar-refractivity contribution in [1.82, 2.24) is 10.3 Å². The van der Waals surface area contributed by atoms with E-state index < -0.39 is 34.6 Å². The highest BCUT2D eigenvalue weighted by molar-refractivity contribution is 6.33. The van der Waals surface area contributed by atoms with E-state index in [0.29, 0.717) is 22.0 Å². The number of esters is 1. The van der Waals surface area contributed by atoms with Crippen molar-refractivity contribution in [3.63, 3.8) is 0 Å². The lowest BCUT2D eigenvalue weighted by molar-refractivity contribution is -0.155. The SMILES string of the molecule is Cc1ccc(NC(=O)C[C@H](CC(=O)OC(C)(C)C)c2noc(-c3cc(C(F)(F)C(C)(C)C)on3)c2C2CC2)c(Cl)c1. The molecule has 0 saturated heterocycles. The van der Waals surface area contributed by atoms with Gasteiger partial charge in [0.05, 0.1) is 22.8 Å². The fraction of sp³-hybridized carbons (Fsp3) is 0.533. The van der Waals surface area contributed by atoms with Crippen LogP contribution in [-0.2, 0) is 20.2 Å². The molecule has 1 aliphatic rings. The number of halogens is 3. The van der Waals surface area contributed by atoms with Gasteiger partial charge in [-0.2, -0.15) is 8.78 Å². The van der Waals surface area contributed by atoms with E-state index in [1.54, 1.807) is 32.9 Å². The van der Waals surface area contributed by atoms with Crippen molar-refractivity contribution < 1.29 is 32.2 Å². The van der Waals surface area contributed by atoms with Crippen LogP contribution in [0.4, 0.5) is 14.5 Å². The molecule has 2 aromatic heterocycles. The Morgan fingerprint density at radius 1 is 1.07 bits per heavy atom. The predicted molar refractivity (Wildman–Crippen MR) is 150 cm³/mol. The maximum atomic E-state index is 15.0. The Kier molecular flexibility index (Phi) is 8.38. The Morgan fingerprint density at radius 2 is 1.76 bits per heavy atom. The maximum Gasteiger partial charge on any atom is 0.312 e. The summed E-state index contributed by atoms with van der Waals surface area (Å²) in [4.78, 5) is 26.1. The van der Waals surface area contributed by atoms with Gasteiger partial charge < -0.3 is 19.1 Å². The zero-order valence-corrected chi connectivity index (χ0v) is 25.1. The van der Waals surface area contributed by atoms with E-state index >= 15 is 0 Å². The van der Waals surface area contributed by atoms with Gasteiger partial charge in [-0.15, -0.1) is 0 Å². The first kappa shape index (κ1) is 30.7. The molecule has 0 bridgehead atoms. The lowest BCUT2D eigenvalue weighted by atomic mass is 9.86. The van der Waals surface area contributed by atoms with Crippen LogP contribution in [0.25, 0.3) is 11.5 Å². The Balaban J connectivity index is 1.68. The van der Waals surface area contributed by atoms with Crippen LogP contribution in [0.2, 0.25) is 5.02 Å². The summed E-state index contributed by atoms with van der Waals surface area (Å²) in [6.07, 6.45) is 1.36. The fourth-order valence-corrected chi connectivity index (χ4v) is 4.73. The first-order valence-electron chi connectivity index (χ1n) is 13.6. The zero-order valence-electron chi connectivity index (χ0n) is 24.4. The molecule has 1 amide bonds. The number of aromatic nitrogens is 2. The van der Waals surface area contributed by atoms with E-state index in [1.165, 1.54) is 20.8 Å². The lowest BCUT2D eigenvalue weighted by Crippen LogP contribution is -2.30. The third-order valence-corrected chi connectivity index (χ3v) is 7.10. The zero-order chi connectivity index (χ0) is 30.3. The van der Waals surface area contributed by atoms with Crippen LogP contribution >= 0.6 is 11.6 Å². The summed E-state index contributed by atoms with van der Waals surface area (Å²) < 4.78 is 46.2. The third-order valence-electron chi connectivity index (χ3n) is 6.79. The van der Waals surface area contributed by atoms with Crippen molar-refractivity contribution in [1.29, 1.82) is 0 Å². The average molecular weight is 592 g/mol. The topological polar surface area (TPSA) is 107 Å². The highest BCUT2D eigenvalue weighted by Gasteiger charge is 2.49. The molecule has 1 aliphatic carbocycles. The van der Waals surface area contributed by atoms with Gasteiger partial charge in [-0.3, -0.25) is 9.59 Å². The maximum absolute atomic E-state index is 15.0. The summed E-state index contributed by atoms with van der Waals surface area (Å²) in [5.74, 6) is -5.27. The molecule has 0 aliphatic heterocycles. The Hall–Kier alpha value is -3.27. The van der Waals surface area contributed by atoms with Crippen LogP contribution in [0.5, 0.6) is 0 Å². The van der Waals surface area contributed by atoms with Crippen LogP contribution in [0.1, 0.15) is 102 Å². The minimum atomic E-state index is -3.28. The number of hydrogen-bond donors (Lipinski definition) is 1. The summed E-state index contributed by atoms with van der Waals surface area (Å²) in [6.45, 7) is 11.4. The van der Waals surface area contributed by atoms with E-state index in [9.17, 15) is 18.4 Å². The van der Waals surface area contributed by atoms with Gasteiger partial charge in [0.25, 0.3) is 0 Å². The second-order valence-electron chi connectivity index (χ2n) is 12.7. The molecule has 0 spiro atoms. The van der Waals surface area contributed by atoms with E-state index in [4.69, 9.17) is 25.4 Å². The molecule has 3 aromatic rings. The van der Waals surface area contributed by atoms with Crippen LogP contribution in [0.15, 0.2) is 33.3 Å². The van der Waals surface area contributed by atoms with Gasteiger partial charge in [0.1, 0.15) is 5.60 Å². The summed E-state index contributed by atoms with van der Waals surface area (Å²) in [5.41, 5.74) is 0.360. The first-order chi connectivity index (χ1) is 19.0. The van der Waals surface area contributed by atoms with E-state index in [0.717, 1.165) is 24.5 Å². The number of rotatable bonds is 9. The molecule has 1 saturated carbocycles. The molecule has 0 radical (unpaired) electrons. The van der Waals surface area contributed by atoms with Crippen molar-refractivity contribution in [2.24, 2.45) is 5.41 Å². The molecule has 8 nitrogen and oxygen atoms in total. The molecule has 4 rings (SSSR count). The number of benzene rings is 1. The van der Waals surface area contributed by atoms with Crippen molar-refractivity contribution in [2.75, 3.05) is 5.32 Å². The number of carbonyl (C=O) groups is 2. The van der Waals surface area contributed by atoms with Gasteiger partial charge in [0, 0.05) is 29.4 Å². The summed E-state index contributed by atoms with van der Waals surface area (Å²) in [6, 6.07) is 6.43. The van der Waals surface area contributed by atoms with Crippen molar-refractivity contribution >= 4 is 29.2 Å². The normalized spacial score (nSPS) is 15.1. The van der Waals surface area contributed by atoms with Gasteiger partial charge in [0.2, 0.25) is 11.7 Å². The minimum Gasteiger partial charge on any atom is -0.460 e. The lowest BCUT2D eigenvalue weighted by Gasteiger charge is -2.27. The van der Waals surface area contributed by atoms with Crippen molar-refractivity contribution in [2.45, 2.75) is 97.5 Å². The predicted octanol–water partition coefficient (Wildman–Crippen LogP) is 8.15. The molecule has 11 heteroatoms. The number of ether oxygens (including phenoxy) is 1. The molecular formula is C30H36ClF2N3O5. The number of amides is 1. The van der Waals surface area contributed by atoms with Crippen LogP contribution in [0.3, 0.4) is 0 Å². The molecule has 1 atom stereocenters. The number of alkyl halides is 2. The van der Waals surface area contributed by atoms with Gasteiger partial charge in [0.15, 0.2) is 11.5 Å². The number of hydrogen-bond acceptors (Lipinski definition) is 7. The van der Waals surface area contributed by atoms with Gasteiger partial charge >= 0.3 is 11.9 Å². The third kappa shape index (κ3) is 7.15. The molecule has 1 N–H and O–H groups in total. The Labute approximate surface area is 243 Å². The number of aryl methyl sites for hydroxylation is 1. The van der Waals surface area contributed by atoms with Crippen LogP contribution < -0.4 is 5.32 Å². The monoisotopic (exact) mass is 591 g/mol. The van der Waals surface area contributed by atoms with Gasteiger partial charge in [-0.25, -0.2) is 0 Å². The Bertz CT molecular complexity index is 1430. The summed E-state index contributed by atoms with van der Waals surface area (Å²) in [5, 5.41) is 11.3. The summed E-state index contributed by atoms with van der Waals surface area (Å²) >= 11 is 6.31. The molecule has 41 heavy (non-hydrogen) atoms. The number of carbonyl (C=O) groups excluding carboxylic acids is 2. The number of anilines is 1.